The van der Waals surface area contributed by atoms with Crippen LogP contribution in [0.5, 0.6) is 0 Å². The zero-order chi connectivity index (χ0) is 48.5. The number of hydrogen-bond acceptors (Lipinski definition) is 6. The number of allylic oxidation sites excluding steroid dienone is 5. The molecule has 0 aromatic rings. The second-order valence-electron chi connectivity index (χ2n) is 20.6. The van der Waals surface area contributed by atoms with Crippen LogP contribution < -0.4 is 10.2 Å². The second kappa shape index (κ2) is 48.7. The van der Waals surface area contributed by atoms with E-state index in [0.29, 0.717) is 17.4 Å². The topological polar surface area (TPSA) is 108 Å². The molecule has 0 aromatic heterocycles. The lowest BCUT2D eigenvalue weighted by Crippen LogP contribution is -2.45. The minimum absolute atomic E-state index is 0.00743. The fourth-order valence-electron chi connectivity index (χ4n) is 8.36. The Balaban J connectivity index is 4.24. The number of carbonyl (C=O) groups is 1. The van der Waals surface area contributed by atoms with E-state index in [9.17, 15) is 19.4 Å². The summed E-state index contributed by atoms with van der Waals surface area (Å²) in [5.74, 6) is -0.207. The van der Waals surface area contributed by atoms with E-state index in [1.54, 1.807) is 6.08 Å². The molecule has 0 aliphatic carbocycles. The predicted octanol–water partition coefficient (Wildman–Crippen LogP) is 16.4. The van der Waals surface area contributed by atoms with Gasteiger partial charge in [-0.05, 0) is 44.9 Å². The summed E-state index contributed by atoms with van der Waals surface area (Å²) >= 11 is 0. The van der Waals surface area contributed by atoms with Crippen LogP contribution in [0.2, 0.25) is 0 Å². The van der Waals surface area contributed by atoms with Crippen LogP contribution in [0.3, 0.4) is 0 Å². The first-order valence-electron chi connectivity index (χ1n) is 28.4. The minimum Gasteiger partial charge on any atom is -0.756 e. The molecule has 0 heterocycles. The fourth-order valence-corrected chi connectivity index (χ4v) is 9.09. The SMILES string of the molecule is CCCCCCCCCCC/C=C/CC/C=C/CC/C=C/C(O)C(COP(=O)([O-])OCC[N+](C)(C)C)NC(=O)CCCCCCCCCCCCCCCCCCCCCCCCCCC. The number of amides is 1. The van der Waals surface area contributed by atoms with Crippen LogP contribution in [0, 0.1) is 0 Å². The standard InChI is InChI=1S/C57H111N2O6P/c1-6-8-10-12-14-16-18-20-22-24-26-27-28-29-30-31-33-35-37-39-41-43-45-47-49-51-57(61)58-55(54-65-66(62,63)64-53-52-59(3,4)5)56(60)50-48-46-44-42-40-38-36-34-32-25-23-21-19-17-15-13-11-9-7-2/h32,34,40,42,48,50,55-56,60H,6-31,33,35-39,41,43-47,49,51-54H2,1-5H3,(H-,58,61,62,63)/b34-32+,42-40+,50-48+. The van der Waals surface area contributed by atoms with E-state index in [4.69, 9.17) is 9.05 Å². The highest BCUT2D eigenvalue weighted by molar-refractivity contribution is 7.45. The Morgan fingerprint density at radius 3 is 1.23 bits per heavy atom. The Hall–Kier alpha value is -1.28. The van der Waals surface area contributed by atoms with Crippen molar-refractivity contribution in [2.45, 2.75) is 283 Å². The number of quaternary nitrogens is 1. The molecule has 3 atom stereocenters. The molecule has 0 fully saturated rings. The monoisotopic (exact) mass is 951 g/mol. The lowest BCUT2D eigenvalue weighted by Gasteiger charge is -2.29. The molecule has 0 aromatic carbocycles. The summed E-state index contributed by atoms with van der Waals surface area (Å²) in [6, 6.07) is -0.907. The largest absolute Gasteiger partial charge is 0.756 e. The molecule has 8 nitrogen and oxygen atoms in total. The summed E-state index contributed by atoms with van der Waals surface area (Å²) in [5, 5.41) is 13.8. The zero-order valence-electron chi connectivity index (χ0n) is 44.4. The van der Waals surface area contributed by atoms with Crippen LogP contribution in [-0.4, -0.2) is 68.5 Å². The second-order valence-corrected chi connectivity index (χ2v) is 22.0. The van der Waals surface area contributed by atoms with E-state index >= 15 is 0 Å². The van der Waals surface area contributed by atoms with Gasteiger partial charge in [-0.2, -0.15) is 0 Å². The smallest absolute Gasteiger partial charge is 0.268 e. The number of carbonyl (C=O) groups excluding carboxylic acids is 1. The molecule has 0 aliphatic rings. The van der Waals surface area contributed by atoms with E-state index in [0.717, 1.165) is 44.9 Å². The Morgan fingerprint density at radius 1 is 0.515 bits per heavy atom. The van der Waals surface area contributed by atoms with Crippen LogP contribution in [-0.2, 0) is 18.4 Å². The minimum atomic E-state index is -4.61. The number of rotatable bonds is 52. The van der Waals surface area contributed by atoms with Gasteiger partial charge in [-0.25, -0.2) is 0 Å². The van der Waals surface area contributed by atoms with Gasteiger partial charge in [-0.3, -0.25) is 9.36 Å². The van der Waals surface area contributed by atoms with E-state index in [1.807, 2.05) is 27.2 Å². The first-order chi connectivity index (χ1) is 32.0. The molecule has 9 heteroatoms. The Bertz CT molecular complexity index is 1170. The van der Waals surface area contributed by atoms with Gasteiger partial charge in [-0.1, -0.05) is 256 Å². The Morgan fingerprint density at radius 2 is 0.848 bits per heavy atom. The van der Waals surface area contributed by atoms with Gasteiger partial charge in [0, 0.05) is 6.42 Å². The summed E-state index contributed by atoms with van der Waals surface area (Å²) in [6.45, 7) is 4.65. The third kappa shape index (κ3) is 50.6. The summed E-state index contributed by atoms with van der Waals surface area (Å²) in [7, 11) is 1.24. The van der Waals surface area contributed by atoms with E-state index in [1.165, 1.54) is 205 Å². The highest BCUT2D eigenvalue weighted by Gasteiger charge is 2.23. The molecule has 0 aliphatic heterocycles. The van der Waals surface area contributed by atoms with Crippen molar-refractivity contribution in [1.82, 2.24) is 5.32 Å². The molecule has 0 radical (unpaired) electrons. The molecule has 0 bridgehead atoms. The summed E-state index contributed by atoms with van der Waals surface area (Å²) < 4.78 is 23.3. The van der Waals surface area contributed by atoms with Crippen molar-refractivity contribution in [1.29, 1.82) is 0 Å². The van der Waals surface area contributed by atoms with Gasteiger partial charge in [0.05, 0.1) is 39.9 Å². The summed E-state index contributed by atoms with van der Waals surface area (Å²) in [5.41, 5.74) is 0. The molecular formula is C57H111N2O6P. The number of aliphatic hydroxyl groups excluding tert-OH is 1. The number of likely N-dealkylation sites (N-methyl/N-ethyl adjacent to an activating group) is 1. The Kier molecular flexibility index (Phi) is 47.8. The molecule has 0 rings (SSSR count). The summed E-state index contributed by atoms with van der Waals surface area (Å²) in [4.78, 5) is 25.5. The number of nitrogens with zero attached hydrogens (tertiary/aromatic N) is 1. The van der Waals surface area contributed by atoms with Crippen molar-refractivity contribution in [3.05, 3.63) is 36.5 Å². The highest BCUT2D eigenvalue weighted by atomic mass is 31.2. The van der Waals surface area contributed by atoms with Gasteiger partial charge in [0.15, 0.2) is 0 Å². The van der Waals surface area contributed by atoms with E-state index in [2.05, 4.69) is 43.5 Å². The third-order valence-electron chi connectivity index (χ3n) is 12.8. The van der Waals surface area contributed by atoms with Crippen molar-refractivity contribution in [2.24, 2.45) is 0 Å². The lowest BCUT2D eigenvalue weighted by atomic mass is 10.0. The molecule has 3 unspecified atom stereocenters. The first-order valence-corrected chi connectivity index (χ1v) is 29.8. The van der Waals surface area contributed by atoms with Gasteiger partial charge in [0.2, 0.25) is 5.91 Å². The van der Waals surface area contributed by atoms with Gasteiger partial charge in [0.1, 0.15) is 13.2 Å². The molecule has 0 saturated carbocycles. The van der Waals surface area contributed by atoms with E-state index < -0.39 is 26.6 Å². The zero-order valence-corrected chi connectivity index (χ0v) is 45.3. The highest BCUT2D eigenvalue weighted by Crippen LogP contribution is 2.38. The van der Waals surface area contributed by atoms with Crippen LogP contribution in [0.4, 0.5) is 0 Å². The van der Waals surface area contributed by atoms with Crippen LogP contribution in [0.25, 0.3) is 0 Å². The predicted molar refractivity (Wildman–Crippen MR) is 284 cm³/mol. The van der Waals surface area contributed by atoms with Gasteiger partial charge < -0.3 is 28.8 Å². The van der Waals surface area contributed by atoms with Crippen molar-refractivity contribution in [2.75, 3.05) is 40.9 Å². The Labute approximate surface area is 410 Å². The van der Waals surface area contributed by atoms with Crippen LogP contribution >= 0.6 is 7.82 Å². The molecule has 66 heavy (non-hydrogen) atoms. The van der Waals surface area contributed by atoms with Crippen molar-refractivity contribution in [3.8, 4) is 0 Å². The first kappa shape index (κ1) is 64.7. The van der Waals surface area contributed by atoms with Crippen molar-refractivity contribution < 1.29 is 32.9 Å². The van der Waals surface area contributed by atoms with Gasteiger partial charge in [0.25, 0.3) is 7.82 Å². The number of nitrogens with one attached hydrogen (secondary N) is 1. The molecular weight excluding hydrogens is 840 g/mol. The quantitative estimate of drug-likeness (QED) is 0.0272. The number of unbranched alkanes of at least 4 members (excludes halogenated alkanes) is 35. The normalized spacial score (nSPS) is 14.2. The fraction of sp³-hybridized carbons (Fsp3) is 0.877. The number of aliphatic hydroxyl groups is 1. The molecule has 0 saturated heterocycles. The molecule has 1 amide bonds. The van der Waals surface area contributed by atoms with Crippen LogP contribution in [0.1, 0.15) is 271 Å². The molecule has 390 valence electrons. The van der Waals surface area contributed by atoms with Crippen molar-refractivity contribution in [3.63, 3.8) is 0 Å². The van der Waals surface area contributed by atoms with Gasteiger partial charge >= 0.3 is 0 Å². The molecule has 0 spiro atoms. The maximum Gasteiger partial charge on any atom is 0.268 e. The van der Waals surface area contributed by atoms with Gasteiger partial charge in [-0.15, -0.1) is 0 Å². The number of phosphoric acid groups is 1. The maximum atomic E-state index is 12.9. The van der Waals surface area contributed by atoms with Crippen molar-refractivity contribution >= 4 is 13.7 Å². The lowest BCUT2D eigenvalue weighted by molar-refractivity contribution is -0.870. The summed E-state index contributed by atoms with van der Waals surface area (Å²) in [6.07, 6.45) is 62.2. The molecule has 2 N–H and O–H groups in total. The van der Waals surface area contributed by atoms with Crippen LogP contribution in [0.15, 0.2) is 36.5 Å². The average molecular weight is 951 g/mol. The maximum absolute atomic E-state index is 12.9. The number of hydrogen-bond donors (Lipinski definition) is 2. The van der Waals surface area contributed by atoms with E-state index in [-0.39, 0.29) is 12.5 Å². The number of phosphoric ester groups is 1. The third-order valence-corrected chi connectivity index (χ3v) is 13.8. The average Bonchev–Trinajstić information content (AvgIpc) is 3.28.